The number of halogens is 2. The van der Waals surface area contributed by atoms with Gasteiger partial charge in [0.15, 0.2) is 28.0 Å². The number of benzene rings is 1. The Balaban J connectivity index is 1.71. The monoisotopic (exact) mass is 461 g/mol. The van der Waals surface area contributed by atoms with E-state index in [1.807, 2.05) is 17.5 Å². The molecule has 9 heteroatoms. The lowest BCUT2D eigenvalue weighted by molar-refractivity contribution is -0.136. The number of hydrogen-bond acceptors (Lipinski definition) is 5. The highest BCUT2D eigenvalue weighted by Gasteiger charge is 2.35. The molecule has 140 valence electrons. The number of amides is 1. The average molecular weight is 462 g/mol. The summed E-state index contributed by atoms with van der Waals surface area (Å²) in [6.45, 7) is -0.0245. The Kier molecular flexibility index (Phi) is 5.99. The van der Waals surface area contributed by atoms with E-state index in [2.05, 4.69) is 15.9 Å². The molecule has 1 fully saturated rings. The van der Waals surface area contributed by atoms with Crippen LogP contribution in [0, 0.1) is 5.82 Å². The first-order valence-corrected chi connectivity index (χ1v) is 11.4. The molecule has 1 aromatic heterocycles. The van der Waals surface area contributed by atoms with E-state index in [1.165, 1.54) is 28.4 Å². The maximum absolute atomic E-state index is 13.9. The number of carbonyl (C=O) groups excluding carboxylic acids is 1. The van der Waals surface area contributed by atoms with Crippen molar-refractivity contribution < 1.29 is 22.3 Å². The molecule has 1 amide bonds. The molecule has 1 saturated heterocycles. The summed E-state index contributed by atoms with van der Waals surface area (Å²) in [4.78, 5) is 15.2. The Morgan fingerprint density at radius 3 is 2.81 bits per heavy atom. The van der Waals surface area contributed by atoms with Crippen LogP contribution in [0.2, 0.25) is 0 Å². The molecule has 2 heterocycles. The summed E-state index contributed by atoms with van der Waals surface area (Å²) < 4.78 is 43.4. The topological polar surface area (TPSA) is 63.7 Å². The molecule has 1 unspecified atom stereocenters. The van der Waals surface area contributed by atoms with Gasteiger partial charge in [0.1, 0.15) is 0 Å². The van der Waals surface area contributed by atoms with Gasteiger partial charge in [-0.05, 0) is 36.1 Å². The molecule has 2 aromatic rings. The molecule has 1 atom stereocenters. The fourth-order valence-electron chi connectivity index (χ4n) is 2.83. The molecule has 0 N–H and O–H groups in total. The molecule has 1 aliphatic rings. The lowest BCUT2D eigenvalue weighted by atomic mass is 10.2. The Morgan fingerprint density at radius 2 is 2.19 bits per heavy atom. The molecule has 0 saturated carbocycles. The lowest BCUT2D eigenvalue weighted by Crippen LogP contribution is -2.42. The summed E-state index contributed by atoms with van der Waals surface area (Å²) in [7, 11) is -3.13. The van der Waals surface area contributed by atoms with Gasteiger partial charge >= 0.3 is 0 Å². The second-order valence-electron chi connectivity index (χ2n) is 6.02. The average Bonchev–Trinajstić information content (AvgIpc) is 3.20. The van der Waals surface area contributed by atoms with Crippen molar-refractivity contribution in [2.75, 3.05) is 18.1 Å². The quantitative estimate of drug-likeness (QED) is 0.662. The van der Waals surface area contributed by atoms with E-state index in [0.717, 1.165) is 4.88 Å². The number of sulfone groups is 1. The minimum atomic E-state index is -3.13. The number of hydrogen-bond donors (Lipinski definition) is 0. The summed E-state index contributed by atoms with van der Waals surface area (Å²) in [6, 6.07) is 7.71. The molecule has 26 heavy (non-hydrogen) atoms. The first-order chi connectivity index (χ1) is 12.3. The van der Waals surface area contributed by atoms with Crippen molar-refractivity contribution in [3.05, 3.63) is 50.9 Å². The number of nitrogens with zero attached hydrogens (tertiary/aromatic N) is 1. The first kappa shape index (κ1) is 19.3. The molecule has 1 aromatic carbocycles. The molecular weight excluding hydrogens is 445 g/mol. The smallest absolute Gasteiger partial charge is 0.261 e. The van der Waals surface area contributed by atoms with Crippen molar-refractivity contribution in [1.29, 1.82) is 0 Å². The van der Waals surface area contributed by atoms with Crippen LogP contribution < -0.4 is 4.74 Å². The van der Waals surface area contributed by atoms with Crippen LogP contribution in [0.25, 0.3) is 0 Å². The standard InChI is InChI=1S/C17H17BrFNO4S2/c18-12-3-4-16(15(19)8-12)24-10-17(21)20(9-14-2-1-6-25-14)13-5-7-26(22,23)11-13/h1-4,6,8,13H,5,7,9-11H2. The van der Waals surface area contributed by atoms with Crippen LogP contribution in [-0.2, 0) is 21.2 Å². The highest BCUT2D eigenvalue weighted by atomic mass is 79.9. The summed E-state index contributed by atoms with van der Waals surface area (Å²) in [5.74, 6) is -0.912. The van der Waals surface area contributed by atoms with Gasteiger partial charge in [-0.2, -0.15) is 0 Å². The van der Waals surface area contributed by atoms with Crippen LogP contribution in [0.1, 0.15) is 11.3 Å². The Bertz CT molecular complexity index is 886. The number of rotatable bonds is 6. The van der Waals surface area contributed by atoms with Crippen molar-refractivity contribution >= 4 is 43.0 Å². The second kappa shape index (κ2) is 8.06. The van der Waals surface area contributed by atoms with Crippen LogP contribution in [0.4, 0.5) is 4.39 Å². The third-order valence-corrected chi connectivity index (χ3v) is 7.23. The zero-order valence-electron chi connectivity index (χ0n) is 13.7. The lowest BCUT2D eigenvalue weighted by Gasteiger charge is -2.28. The van der Waals surface area contributed by atoms with E-state index in [-0.39, 0.29) is 35.8 Å². The Hall–Kier alpha value is -1.45. The highest BCUT2D eigenvalue weighted by molar-refractivity contribution is 9.10. The number of thiophene rings is 1. The van der Waals surface area contributed by atoms with Gasteiger partial charge in [-0.3, -0.25) is 4.79 Å². The van der Waals surface area contributed by atoms with E-state index in [0.29, 0.717) is 17.4 Å². The molecule has 0 bridgehead atoms. The number of ether oxygens (including phenoxy) is 1. The van der Waals surface area contributed by atoms with E-state index in [9.17, 15) is 17.6 Å². The van der Waals surface area contributed by atoms with E-state index < -0.39 is 15.7 Å². The third kappa shape index (κ3) is 4.83. The van der Waals surface area contributed by atoms with Crippen molar-refractivity contribution in [2.45, 2.75) is 19.0 Å². The first-order valence-electron chi connectivity index (χ1n) is 7.94. The zero-order valence-corrected chi connectivity index (χ0v) is 16.9. The fraction of sp³-hybridized carbons (Fsp3) is 0.353. The van der Waals surface area contributed by atoms with Crippen LogP contribution in [-0.4, -0.2) is 43.4 Å². The van der Waals surface area contributed by atoms with Gasteiger partial charge in [0, 0.05) is 15.4 Å². The normalized spacial score (nSPS) is 18.6. The van der Waals surface area contributed by atoms with Gasteiger partial charge in [-0.1, -0.05) is 22.0 Å². The van der Waals surface area contributed by atoms with E-state index in [1.54, 1.807) is 6.07 Å². The van der Waals surface area contributed by atoms with Gasteiger partial charge in [-0.15, -0.1) is 11.3 Å². The Labute approximate surface area is 163 Å². The highest BCUT2D eigenvalue weighted by Crippen LogP contribution is 2.24. The summed E-state index contributed by atoms with van der Waals surface area (Å²) in [5, 5.41) is 1.90. The Morgan fingerprint density at radius 1 is 1.38 bits per heavy atom. The molecule has 0 spiro atoms. The van der Waals surface area contributed by atoms with Crippen molar-refractivity contribution in [2.24, 2.45) is 0 Å². The predicted molar refractivity (Wildman–Crippen MR) is 102 cm³/mol. The summed E-state index contributed by atoms with van der Waals surface area (Å²) in [6.07, 6.45) is 0.409. The molecule has 3 rings (SSSR count). The SMILES string of the molecule is O=C(COc1ccc(Br)cc1F)N(Cc1cccs1)C1CCS(=O)(=O)C1. The third-order valence-electron chi connectivity index (χ3n) is 4.12. The largest absolute Gasteiger partial charge is 0.481 e. The predicted octanol–water partition coefficient (Wildman–Crippen LogP) is 3.24. The van der Waals surface area contributed by atoms with Gasteiger partial charge in [0.25, 0.3) is 5.91 Å². The molecule has 0 aliphatic carbocycles. The van der Waals surface area contributed by atoms with Crippen molar-refractivity contribution in [3.8, 4) is 5.75 Å². The molecule has 1 aliphatic heterocycles. The molecular formula is C17H17BrFNO4S2. The molecule has 5 nitrogen and oxygen atoms in total. The molecule has 0 radical (unpaired) electrons. The zero-order chi connectivity index (χ0) is 18.7. The van der Waals surface area contributed by atoms with Gasteiger partial charge in [0.05, 0.1) is 18.1 Å². The van der Waals surface area contributed by atoms with Crippen LogP contribution in [0.3, 0.4) is 0 Å². The van der Waals surface area contributed by atoms with Crippen molar-refractivity contribution in [3.63, 3.8) is 0 Å². The van der Waals surface area contributed by atoms with Gasteiger partial charge < -0.3 is 9.64 Å². The van der Waals surface area contributed by atoms with Crippen LogP contribution >= 0.6 is 27.3 Å². The number of carbonyl (C=O) groups is 1. The van der Waals surface area contributed by atoms with Crippen LogP contribution in [0.15, 0.2) is 40.2 Å². The maximum Gasteiger partial charge on any atom is 0.261 e. The van der Waals surface area contributed by atoms with E-state index >= 15 is 0 Å². The summed E-state index contributed by atoms with van der Waals surface area (Å²) in [5.41, 5.74) is 0. The van der Waals surface area contributed by atoms with Gasteiger partial charge in [-0.25, -0.2) is 12.8 Å². The van der Waals surface area contributed by atoms with Crippen molar-refractivity contribution in [1.82, 2.24) is 4.90 Å². The minimum Gasteiger partial charge on any atom is -0.481 e. The van der Waals surface area contributed by atoms with E-state index in [4.69, 9.17) is 4.74 Å². The van der Waals surface area contributed by atoms with Gasteiger partial charge in [0.2, 0.25) is 0 Å². The maximum atomic E-state index is 13.9. The fourth-order valence-corrected chi connectivity index (χ4v) is 5.59. The second-order valence-corrected chi connectivity index (χ2v) is 10.2. The van der Waals surface area contributed by atoms with Crippen LogP contribution in [0.5, 0.6) is 5.75 Å². The summed E-state index contributed by atoms with van der Waals surface area (Å²) >= 11 is 4.66. The minimum absolute atomic E-state index is 0.0170.